The van der Waals surface area contributed by atoms with Crippen molar-refractivity contribution in [3.63, 3.8) is 0 Å². The minimum Gasteiger partial charge on any atom is -0.508 e. The van der Waals surface area contributed by atoms with Gasteiger partial charge in [0, 0.05) is 0 Å². The highest BCUT2D eigenvalue weighted by Gasteiger charge is 2.24. The number of aryl methyl sites for hydroxylation is 1. The monoisotopic (exact) mass is 282 g/mol. The van der Waals surface area contributed by atoms with E-state index in [-0.39, 0.29) is 12.3 Å². The van der Waals surface area contributed by atoms with Gasteiger partial charge in [-0.15, -0.1) is 0 Å². The number of carbonyl (C=O) groups is 1. The van der Waals surface area contributed by atoms with Gasteiger partial charge in [-0.3, -0.25) is 4.79 Å². The molecule has 0 saturated carbocycles. The van der Waals surface area contributed by atoms with Gasteiger partial charge in [0.15, 0.2) is 0 Å². The Bertz CT molecular complexity index is 704. The molecule has 2 aromatic rings. The van der Waals surface area contributed by atoms with E-state index in [1.54, 1.807) is 0 Å². The Balaban J connectivity index is 2.11. The molecule has 0 heterocycles. The summed E-state index contributed by atoms with van der Waals surface area (Å²) in [5, 5.41) is 19.1. The molecule has 2 N–H and O–H groups in total. The van der Waals surface area contributed by atoms with Crippen LogP contribution in [-0.4, -0.2) is 16.2 Å². The quantitative estimate of drug-likeness (QED) is 0.887. The Morgan fingerprint density at radius 1 is 1.19 bits per heavy atom. The summed E-state index contributed by atoms with van der Waals surface area (Å²) >= 11 is 0. The van der Waals surface area contributed by atoms with Crippen LogP contribution in [0.2, 0.25) is 0 Å². The van der Waals surface area contributed by atoms with Gasteiger partial charge >= 0.3 is 5.97 Å². The lowest BCUT2D eigenvalue weighted by atomic mass is 9.88. The number of carboxylic acid groups (broad SMARTS) is 1. The van der Waals surface area contributed by atoms with Crippen LogP contribution in [0, 0.1) is 6.92 Å². The van der Waals surface area contributed by atoms with Crippen LogP contribution in [0.25, 0.3) is 0 Å². The summed E-state index contributed by atoms with van der Waals surface area (Å²) in [5.41, 5.74) is 5.36. The number of phenolic OH excluding ortho intramolecular Hbond substituents is 1. The fraction of sp³-hybridized carbons (Fsp3) is 0.278. The lowest BCUT2D eigenvalue weighted by Crippen LogP contribution is -2.09. The van der Waals surface area contributed by atoms with Crippen LogP contribution in [0.1, 0.15) is 40.2 Å². The van der Waals surface area contributed by atoms with E-state index >= 15 is 0 Å². The normalized spacial score (nSPS) is 16.7. The van der Waals surface area contributed by atoms with E-state index < -0.39 is 5.97 Å². The van der Waals surface area contributed by atoms with Gasteiger partial charge in [-0.2, -0.15) is 0 Å². The summed E-state index contributed by atoms with van der Waals surface area (Å²) in [6, 6.07) is 11.8. The van der Waals surface area contributed by atoms with Crippen molar-refractivity contribution in [2.45, 2.75) is 32.1 Å². The third-order valence-electron chi connectivity index (χ3n) is 4.28. The number of carboxylic acids is 1. The number of benzene rings is 2. The molecule has 0 radical (unpaired) electrons. The standard InChI is InChI=1S/C18H18O3/c1-11-6-13-8-15(10-18(20)21)16-5-3-2-4-12(16)7-14(13)9-17(11)19/h2-6,9,15,19H,7-8,10H2,1H3,(H,20,21). The molecule has 0 spiro atoms. The molecule has 0 saturated heterocycles. The van der Waals surface area contributed by atoms with Crippen LogP contribution < -0.4 is 0 Å². The van der Waals surface area contributed by atoms with Crippen LogP contribution in [0.15, 0.2) is 36.4 Å². The minimum absolute atomic E-state index is 0.0103. The average Bonchev–Trinajstić information content (AvgIpc) is 2.56. The van der Waals surface area contributed by atoms with Crippen LogP contribution in [0.5, 0.6) is 5.75 Å². The Morgan fingerprint density at radius 2 is 1.95 bits per heavy atom. The van der Waals surface area contributed by atoms with E-state index in [9.17, 15) is 15.0 Å². The first-order valence-corrected chi connectivity index (χ1v) is 7.15. The molecule has 3 nitrogen and oxygen atoms in total. The summed E-state index contributed by atoms with van der Waals surface area (Å²) in [6.45, 7) is 1.87. The van der Waals surface area contributed by atoms with Crippen molar-refractivity contribution in [2.75, 3.05) is 0 Å². The van der Waals surface area contributed by atoms with Crippen LogP contribution in [0.4, 0.5) is 0 Å². The predicted molar refractivity (Wildman–Crippen MR) is 80.8 cm³/mol. The molecule has 0 fully saturated rings. The Kier molecular flexibility index (Phi) is 3.42. The van der Waals surface area contributed by atoms with Crippen LogP contribution in [-0.2, 0) is 17.6 Å². The van der Waals surface area contributed by atoms with Crippen molar-refractivity contribution in [1.82, 2.24) is 0 Å². The van der Waals surface area contributed by atoms with Gasteiger partial charge in [-0.05, 0) is 59.6 Å². The second-order valence-corrected chi connectivity index (χ2v) is 5.78. The number of fused-ring (bicyclic) bond motifs is 2. The summed E-state index contributed by atoms with van der Waals surface area (Å²) < 4.78 is 0. The highest BCUT2D eigenvalue weighted by atomic mass is 16.4. The molecule has 0 bridgehead atoms. The maximum Gasteiger partial charge on any atom is 0.303 e. The lowest BCUT2D eigenvalue weighted by molar-refractivity contribution is -0.137. The maximum absolute atomic E-state index is 11.2. The fourth-order valence-corrected chi connectivity index (χ4v) is 3.22. The van der Waals surface area contributed by atoms with E-state index in [1.807, 2.05) is 37.3 Å². The van der Waals surface area contributed by atoms with E-state index in [1.165, 1.54) is 0 Å². The van der Waals surface area contributed by atoms with Gasteiger partial charge in [-0.25, -0.2) is 0 Å². The second kappa shape index (κ2) is 5.24. The van der Waals surface area contributed by atoms with Gasteiger partial charge in [0.2, 0.25) is 0 Å². The molecule has 108 valence electrons. The third-order valence-corrected chi connectivity index (χ3v) is 4.28. The zero-order valence-corrected chi connectivity index (χ0v) is 12.0. The SMILES string of the molecule is Cc1cc2c(cc1O)Cc1ccccc1C(CC(=O)O)C2. The summed E-state index contributed by atoms with van der Waals surface area (Å²) in [4.78, 5) is 11.2. The molecule has 2 aromatic carbocycles. The van der Waals surface area contributed by atoms with E-state index in [0.717, 1.165) is 34.2 Å². The van der Waals surface area contributed by atoms with Crippen molar-refractivity contribution in [3.05, 3.63) is 64.2 Å². The molecule has 1 unspecified atom stereocenters. The number of rotatable bonds is 2. The second-order valence-electron chi connectivity index (χ2n) is 5.78. The minimum atomic E-state index is -0.770. The van der Waals surface area contributed by atoms with Gasteiger partial charge in [0.25, 0.3) is 0 Å². The molecular formula is C18H18O3. The number of aromatic hydroxyl groups is 1. The molecule has 3 heteroatoms. The average molecular weight is 282 g/mol. The highest BCUT2D eigenvalue weighted by molar-refractivity contribution is 5.68. The molecule has 1 aliphatic rings. The van der Waals surface area contributed by atoms with Crippen LogP contribution in [0.3, 0.4) is 0 Å². The van der Waals surface area contributed by atoms with Crippen molar-refractivity contribution < 1.29 is 15.0 Å². The molecule has 0 aromatic heterocycles. The molecule has 1 atom stereocenters. The molecule has 0 aliphatic heterocycles. The predicted octanol–water partition coefficient (Wildman–Crippen LogP) is 3.41. The number of hydrogen-bond acceptors (Lipinski definition) is 2. The van der Waals surface area contributed by atoms with E-state index in [2.05, 4.69) is 6.07 Å². The van der Waals surface area contributed by atoms with Gasteiger partial charge in [-0.1, -0.05) is 30.3 Å². The number of phenols is 1. The van der Waals surface area contributed by atoms with E-state index in [0.29, 0.717) is 12.2 Å². The van der Waals surface area contributed by atoms with Crippen molar-refractivity contribution in [1.29, 1.82) is 0 Å². The summed E-state index contributed by atoms with van der Waals surface area (Å²) in [5.74, 6) is -0.472. The lowest BCUT2D eigenvalue weighted by Gasteiger charge is -2.16. The number of hydrogen-bond donors (Lipinski definition) is 2. The first-order chi connectivity index (χ1) is 10.0. The smallest absolute Gasteiger partial charge is 0.303 e. The highest BCUT2D eigenvalue weighted by Crippen LogP contribution is 2.36. The zero-order valence-electron chi connectivity index (χ0n) is 12.0. The van der Waals surface area contributed by atoms with Gasteiger partial charge in [0.1, 0.15) is 5.75 Å². The third kappa shape index (κ3) is 2.64. The van der Waals surface area contributed by atoms with Crippen molar-refractivity contribution in [3.8, 4) is 5.75 Å². The molecular weight excluding hydrogens is 264 g/mol. The maximum atomic E-state index is 11.2. The van der Waals surface area contributed by atoms with Crippen molar-refractivity contribution in [2.24, 2.45) is 0 Å². The van der Waals surface area contributed by atoms with Gasteiger partial charge in [0.05, 0.1) is 6.42 Å². The number of aliphatic carboxylic acids is 1. The van der Waals surface area contributed by atoms with Gasteiger partial charge < -0.3 is 10.2 Å². The van der Waals surface area contributed by atoms with Crippen LogP contribution >= 0.6 is 0 Å². The Morgan fingerprint density at radius 3 is 2.71 bits per heavy atom. The Labute approximate surface area is 123 Å². The fourth-order valence-electron chi connectivity index (χ4n) is 3.22. The van der Waals surface area contributed by atoms with Crippen molar-refractivity contribution >= 4 is 5.97 Å². The molecule has 0 amide bonds. The first-order valence-electron chi connectivity index (χ1n) is 7.15. The largest absolute Gasteiger partial charge is 0.508 e. The summed E-state index contributed by atoms with van der Waals surface area (Å²) in [6.07, 6.45) is 1.59. The van der Waals surface area contributed by atoms with E-state index in [4.69, 9.17) is 0 Å². The molecule has 21 heavy (non-hydrogen) atoms. The zero-order chi connectivity index (χ0) is 15.0. The first kappa shape index (κ1) is 13.7. The molecule has 1 aliphatic carbocycles. The Hall–Kier alpha value is -2.29. The summed E-state index contributed by atoms with van der Waals surface area (Å²) in [7, 11) is 0. The molecule has 3 rings (SSSR count). The topological polar surface area (TPSA) is 57.5 Å².